The maximum atomic E-state index is 11.5. The number of hydrogen-bond donors (Lipinski definition) is 2. The Morgan fingerprint density at radius 3 is 2.56 bits per heavy atom. The van der Waals surface area contributed by atoms with E-state index in [0.29, 0.717) is 0 Å². The number of rotatable bonds is 1. The number of hydrogen-bond acceptors (Lipinski definition) is 2. The van der Waals surface area contributed by atoms with Gasteiger partial charge in [0.25, 0.3) is 0 Å². The molecule has 0 unspecified atom stereocenters. The summed E-state index contributed by atoms with van der Waals surface area (Å²) in [7, 11) is -3.68. The highest BCUT2D eigenvalue weighted by molar-refractivity contribution is 7.89. The lowest BCUT2D eigenvalue weighted by molar-refractivity contribution is 0.598. The SMILES string of the molecule is Cc1cc(S(N)(=O)=O)cc2c1[nH]c1ccccc12. The first-order valence-corrected chi connectivity index (χ1v) is 7.05. The first-order valence-electron chi connectivity index (χ1n) is 5.51. The number of sulfonamides is 1. The van der Waals surface area contributed by atoms with Gasteiger partial charge in [0.1, 0.15) is 0 Å². The van der Waals surface area contributed by atoms with E-state index >= 15 is 0 Å². The Morgan fingerprint density at radius 1 is 1.11 bits per heavy atom. The van der Waals surface area contributed by atoms with Gasteiger partial charge < -0.3 is 4.98 Å². The predicted octanol–water partition coefficient (Wildman–Crippen LogP) is 2.28. The van der Waals surface area contributed by atoms with Gasteiger partial charge in [-0.1, -0.05) is 18.2 Å². The standard InChI is InChI=1S/C13H12N2O2S/c1-8-6-9(18(14,16)17)7-11-10-4-2-3-5-12(10)15-13(8)11/h2-7,15H,1H3,(H2,14,16,17). The molecule has 0 saturated carbocycles. The minimum absolute atomic E-state index is 0.150. The number of aryl methyl sites for hydroxylation is 1. The summed E-state index contributed by atoms with van der Waals surface area (Å²) in [6, 6.07) is 11.0. The molecule has 1 heterocycles. The number of nitrogens with two attached hydrogens (primary N) is 1. The van der Waals surface area contributed by atoms with Gasteiger partial charge in [0.15, 0.2) is 0 Å². The highest BCUT2D eigenvalue weighted by atomic mass is 32.2. The summed E-state index contributed by atoms with van der Waals surface area (Å²) < 4.78 is 22.9. The maximum absolute atomic E-state index is 11.5. The first kappa shape index (κ1) is 11.3. The topological polar surface area (TPSA) is 76.0 Å². The summed E-state index contributed by atoms with van der Waals surface area (Å²) in [6.07, 6.45) is 0. The molecule has 0 atom stereocenters. The molecule has 0 spiro atoms. The molecule has 2 aromatic carbocycles. The molecule has 0 aliphatic heterocycles. The second-order valence-electron chi connectivity index (χ2n) is 4.38. The van der Waals surface area contributed by atoms with Gasteiger partial charge in [-0.15, -0.1) is 0 Å². The summed E-state index contributed by atoms with van der Waals surface area (Å²) in [4.78, 5) is 3.44. The smallest absolute Gasteiger partial charge is 0.238 e. The fraction of sp³-hybridized carbons (Fsp3) is 0.0769. The molecule has 0 bridgehead atoms. The van der Waals surface area contributed by atoms with E-state index in [4.69, 9.17) is 5.14 Å². The van der Waals surface area contributed by atoms with Crippen molar-refractivity contribution in [1.29, 1.82) is 0 Å². The van der Waals surface area contributed by atoms with Crippen molar-refractivity contribution in [3.05, 3.63) is 42.0 Å². The van der Waals surface area contributed by atoms with Gasteiger partial charge in [0.05, 0.1) is 4.90 Å². The lowest BCUT2D eigenvalue weighted by Crippen LogP contribution is -2.12. The number of aromatic amines is 1. The largest absolute Gasteiger partial charge is 0.354 e. The van der Waals surface area contributed by atoms with Crippen LogP contribution in [-0.2, 0) is 10.0 Å². The molecule has 0 amide bonds. The van der Waals surface area contributed by atoms with Gasteiger partial charge in [-0.05, 0) is 30.7 Å². The zero-order chi connectivity index (χ0) is 12.9. The third-order valence-electron chi connectivity index (χ3n) is 3.11. The Labute approximate surface area is 104 Å². The van der Waals surface area contributed by atoms with Crippen LogP contribution < -0.4 is 5.14 Å². The van der Waals surface area contributed by atoms with E-state index in [2.05, 4.69) is 4.98 Å². The van der Waals surface area contributed by atoms with E-state index in [1.165, 1.54) is 0 Å². The van der Waals surface area contributed by atoms with Crippen molar-refractivity contribution in [2.75, 3.05) is 0 Å². The fourth-order valence-electron chi connectivity index (χ4n) is 2.26. The predicted molar refractivity (Wildman–Crippen MR) is 71.9 cm³/mol. The number of benzene rings is 2. The number of primary sulfonamides is 1. The molecule has 4 nitrogen and oxygen atoms in total. The average molecular weight is 260 g/mol. The number of aromatic nitrogens is 1. The van der Waals surface area contributed by atoms with E-state index in [1.54, 1.807) is 12.1 Å². The molecule has 0 fully saturated rings. The molecule has 3 rings (SSSR count). The zero-order valence-electron chi connectivity index (χ0n) is 9.77. The molecule has 18 heavy (non-hydrogen) atoms. The summed E-state index contributed by atoms with van der Waals surface area (Å²) in [5, 5.41) is 7.08. The van der Waals surface area contributed by atoms with Crippen LogP contribution in [0.2, 0.25) is 0 Å². The summed E-state index contributed by atoms with van der Waals surface area (Å²) >= 11 is 0. The van der Waals surface area contributed by atoms with Crippen molar-refractivity contribution < 1.29 is 8.42 Å². The van der Waals surface area contributed by atoms with Crippen LogP contribution in [0.4, 0.5) is 0 Å². The lowest BCUT2D eigenvalue weighted by Gasteiger charge is -2.02. The van der Waals surface area contributed by atoms with Crippen LogP contribution >= 0.6 is 0 Å². The van der Waals surface area contributed by atoms with E-state index in [9.17, 15) is 8.42 Å². The van der Waals surface area contributed by atoms with E-state index in [1.807, 2.05) is 31.2 Å². The summed E-state index contributed by atoms with van der Waals surface area (Å²) in [6.45, 7) is 1.87. The molecule has 3 aromatic rings. The first-order chi connectivity index (χ1) is 8.47. The van der Waals surface area contributed by atoms with E-state index in [0.717, 1.165) is 27.4 Å². The van der Waals surface area contributed by atoms with Gasteiger partial charge in [0, 0.05) is 21.8 Å². The van der Waals surface area contributed by atoms with Crippen LogP contribution in [0, 0.1) is 6.92 Å². The van der Waals surface area contributed by atoms with Crippen LogP contribution in [0.15, 0.2) is 41.3 Å². The molecule has 1 aromatic heterocycles. The Hall–Kier alpha value is -1.85. The Morgan fingerprint density at radius 2 is 1.83 bits per heavy atom. The normalized spacial score (nSPS) is 12.3. The van der Waals surface area contributed by atoms with E-state index < -0.39 is 10.0 Å². The minimum atomic E-state index is -3.68. The van der Waals surface area contributed by atoms with Gasteiger partial charge in [-0.2, -0.15) is 0 Å². The zero-order valence-corrected chi connectivity index (χ0v) is 10.6. The highest BCUT2D eigenvalue weighted by Crippen LogP contribution is 2.29. The highest BCUT2D eigenvalue weighted by Gasteiger charge is 2.13. The van der Waals surface area contributed by atoms with Crippen LogP contribution in [-0.4, -0.2) is 13.4 Å². The van der Waals surface area contributed by atoms with Gasteiger partial charge in [-0.3, -0.25) is 0 Å². The van der Waals surface area contributed by atoms with Crippen LogP contribution in [0.5, 0.6) is 0 Å². The van der Waals surface area contributed by atoms with Crippen LogP contribution in [0.3, 0.4) is 0 Å². The molecule has 92 valence electrons. The third-order valence-corrected chi connectivity index (χ3v) is 4.01. The number of para-hydroxylation sites is 1. The second-order valence-corrected chi connectivity index (χ2v) is 5.94. The van der Waals surface area contributed by atoms with Gasteiger partial charge in [-0.25, -0.2) is 13.6 Å². The second kappa shape index (κ2) is 3.57. The Balaban J connectivity index is 2.52. The van der Waals surface area contributed by atoms with Crippen molar-refractivity contribution >= 4 is 31.8 Å². The average Bonchev–Trinajstić information content (AvgIpc) is 2.67. The molecule has 0 aliphatic rings. The van der Waals surface area contributed by atoms with Crippen molar-refractivity contribution in [3.8, 4) is 0 Å². The molecule has 0 saturated heterocycles. The number of H-pyrrole nitrogens is 1. The molecule has 0 aliphatic carbocycles. The quantitative estimate of drug-likeness (QED) is 0.704. The van der Waals surface area contributed by atoms with E-state index in [-0.39, 0.29) is 4.90 Å². The van der Waals surface area contributed by atoms with Crippen molar-refractivity contribution in [2.45, 2.75) is 11.8 Å². The molecule has 0 radical (unpaired) electrons. The van der Waals surface area contributed by atoms with Gasteiger partial charge >= 0.3 is 0 Å². The molecular weight excluding hydrogens is 248 g/mol. The molecule has 5 heteroatoms. The summed E-state index contributed by atoms with van der Waals surface area (Å²) in [5.41, 5.74) is 2.80. The molecular formula is C13H12N2O2S. The monoisotopic (exact) mass is 260 g/mol. The Bertz CT molecular complexity index is 863. The van der Waals surface area contributed by atoms with Crippen LogP contribution in [0.1, 0.15) is 5.56 Å². The van der Waals surface area contributed by atoms with Crippen molar-refractivity contribution in [2.24, 2.45) is 5.14 Å². The van der Waals surface area contributed by atoms with Crippen LogP contribution in [0.25, 0.3) is 21.8 Å². The third kappa shape index (κ3) is 1.60. The summed E-state index contributed by atoms with van der Waals surface area (Å²) in [5.74, 6) is 0. The fourth-order valence-corrected chi connectivity index (χ4v) is 2.88. The van der Waals surface area contributed by atoms with Gasteiger partial charge in [0.2, 0.25) is 10.0 Å². The lowest BCUT2D eigenvalue weighted by atomic mass is 10.1. The van der Waals surface area contributed by atoms with Crippen molar-refractivity contribution in [3.63, 3.8) is 0 Å². The maximum Gasteiger partial charge on any atom is 0.238 e. The number of nitrogens with one attached hydrogen (secondary N) is 1. The Kier molecular flexibility index (Phi) is 2.23. The number of fused-ring (bicyclic) bond motifs is 3. The molecule has 3 N–H and O–H groups in total. The minimum Gasteiger partial charge on any atom is -0.354 e. The van der Waals surface area contributed by atoms with Crippen molar-refractivity contribution in [1.82, 2.24) is 4.98 Å².